The molecule has 3 N–H and O–H groups in total. The van der Waals surface area contributed by atoms with Gasteiger partial charge in [0.1, 0.15) is 0 Å². The van der Waals surface area contributed by atoms with E-state index >= 15 is 0 Å². The lowest BCUT2D eigenvalue weighted by atomic mass is 9.93. The van der Waals surface area contributed by atoms with Gasteiger partial charge in [-0.2, -0.15) is 0 Å². The number of nitrogens with one attached hydrogen (secondary N) is 2. The third-order valence-electron chi connectivity index (χ3n) is 5.32. The number of guanidine groups is 1. The van der Waals surface area contributed by atoms with Crippen molar-refractivity contribution in [1.29, 1.82) is 0 Å². The van der Waals surface area contributed by atoms with Gasteiger partial charge in [0.15, 0.2) is 5.96 Å². The summed E-state index contributed by atoms with van der Waals surface area (Å²) in [5, 5.41) is 17.4. The van der Waals surface area contributed by atoms with Crippen LogP contribution in [0.4, 0.5) is 0 Å². The van der Waals surface area contributed by atoms with E-state index in [2.05, 4.69) is 42.7 Å². The maximum absolute atomic E-state index is 11.9. The van der Waals surface area contributed by atoms with Gasteiger partial charge in [-0.25, -0.2) is 4.99 Å². The molecule has 1 fully saturated rings. The van der Waals surface area contributed by atoms with Gasteiger partial charge in [0.25, 0.3) is 0 Å². The molecule has 2 rings (SSSR count). The molecule has 1 heterocycles. The average molecular weight is 403 g/mol. The largest absolute Gasteiger partial charge is 0.388 e. The van der Waals surface area contributed by atoms with Crippen molar-refractivity contribution in [3.63, 3.8) is 0 Å². The van der Waals surface area contributed by atoms with Crippen molar-refractivity contribution in [2.75, 3.05) is 19.6 Å². The SMILES string of the molecule is CCCC(O)(CCC)CNC(=NCc1cccc(CN2CCCC2=O)c1)NCC. The molecule has 29 heavy (non-hydrogen) atoms. The smallest absolute Gasteiger partial charge is 0.222 e. The van der Waals surface area contributed by atoms with Crippen molar-refractivity contribution in [2.24, 2.45) is 4.99 Å². The van der Waals surface area contributed by atoms with Crippen LogP contribution in [0.25, 0.3) is 0 Å². The summed E-state index contributed by atoms with van der Waals surface area (Å²) in [5.41, 5.74) is 1.57. The molecule has 0 atom stereocenters. The van der Waals surface area contributed by atoms with Gasteiger partial charge in [-0.1, -0.05) is 51.0 Å². The number of carbonyl (C=O) groups is 1. The molecule has 6 nitrogen and oxygen atoms in total. The topological polar surface area (TPSA) is 77.0 Å². The highest BCUT2D eigenvalue weighted by atomic mass is 16.3. The van der Waals surface area contributed by atoms with Crippen molar-refractivity contribution in [1.82, 2.24) is 15.5 Å². The van der Waals surface area contributed by atoms with Crippen LogP contribution in [0.2, 0.25) is 0 Å². The first-order chi connectivity index (χ1) is 14.0. The number of benzene rings is 1. The van der Waals surface area contributed by atoms with E-state index in [1.54, 1.807) is 0 Å². The minimum absolute atomic E-state index is 0.249. The summed E-state index contributed by atoms with van der Waals surface area (Å²) in [6.07, 6.45) is 5.11. The Morgan fingerprint density at radius 3 is 2.52 bits per heavy atom. The number of aliphatic imine (C=N–C) groups is 1. The third kappa shape index (κ3) is 7.69. The Morgan fingerprint density at radius 1 is 1.17 bits per heavy atom. The molecule has 6 heteroatoms. The molecule has 0 aromatic heterocycles. The average Bonchev–Trinajstić information content (AvgIpc) is 3.09. The molecule has 0 bridgehead atoms. The van der Waals surface area contributed by atoms with E-state index in [1.807, 2.05) is 17.9 Å². The van der Waals surface area contributed by atoms with Crippen LogP contribution in [0.15, 0.2) is 29.3 Å². The monoisotopic (exact) mass is 402 g/mol. The van der Waals surface area contributed by atoms with Crippen LogP contribution in [0.1, 0.15) is 70.4 Å². The van der Waals surface area contributed by atoms with E-state index in [9.17, 15) is 9.90 Å². The van der Waals surface area contributed by atoms with Gasteiger partial charge < -0.3 is 20.6 Å². The highest BCUT2D eigenvalue weighted by Gasteiger charge is 2.25. The Labute approximate surface area is 175 Å². The summed E-state index contributed by atoms with van der Waals surface area (Å²) >= 11 is 0. The normalized spacial score (nSPS) is 15.1. The van der Waals surface area contributed by atoms with Crippen molar-refractivity contribution >= 4 is 11.9 Å². The Hall–Kier alpha value is -2.08. The predicted octanol–water partition coefficient (Wildman–Crippen LogP) is 3.20. The number of likely N-dealkylation sites (tertiary alicyclic amines) is 1. The zero-order valence-corrected chi connectivity index (χ0v) is 18.3. The van der Waals surface area contributed by atoms with E-state index in [1.165, 1.54) is 0 Å². The van der Waals surface area contributed by atoms with E-state index < -0.39 is 5.60 Å². The summed E-state index contributed by atoms with van der Waals surface area (Å²) in [7, 11) is 0. The number of hydrogen-bond donors (Lipinski definition) is 3. The fourth-order valence-electron chi connectivity index (χ4n) is 3.91. The minimum Gasteiger partial charge on any atom is -0.388 e. The lowest BCUT2D eigenvalue weighted by molar-refractivity contribution is -0.128. The Kier molecular flexibility index (Phi) is 9.45. The molecule has 0 radical (unpaired) electrons. The number of rotatable bonds is 11. The van der Waals surface area contributed by atoms with Crippen LogP contribution in [0, 0.1) is 0 Å². The zero-order valence-electron chi connectivity index (χ0n) is 18.3. The molecule has 0 spiro atoms. The maximum atomic E-state index is 11.9. The van der Waals surface area contributed by atoms with E-state index in [-0.39, 0.29) is 5.91 Å². The van der Waals surface area contributed by atoms with Crippen LogP contribution in [-0.4, -0.2) is 47.1 Å². The van der Waals surface area contributed by atoms with Crippen LogP contribution in [0.3, 0.4) is 0 Å². The second kappa shape index (κ2) is 11.8. The quantitative estimate of drug-likeness (QED) is 0.392. The first kappa shape index (κ1) is 23.2. The fourth-order valence-corrected chi connectivity index (χ4v) is 3.91. The summed E-state index contributed by atoms with van der Waals surface area (Å²) in [6.45, 7) is 9.59. The second-order valence-corrected chi connectivity index (χ2v) is 8.01. The predicted molar refractivity (Wildman–Crippen MR) is 119 cm³/mol. The van der Waals surface area contributed by atoms with E-state index in [0.29, 0.717) is 26.1 Å². The summed E-state index contributed by atoms with van der Waals surface area (Å²) in [4.78, 5) is 18.5. The molecule has 1 aliphatic rings. The fraction of sp³-hybridized carbons (Fsp3) is 0.652. The maximum Gasteiger partial charge on any atom is 0.222 e. The van der Waals surface area contributed by atoms with Gasteiger partial charge in [-0.3, -0.25) is 4.79 Å². The van der Waals surface area contributed by atoms with Crippen LogP contribution < -0.4 is 10.6 Å². The Bertz CT molecular complexity index is 669. The number of hydrogen-bond acceptors (Lipinski definition) is 3. The van der Waals surface area contributed by atoms with E-state index in [4.69, 9.17) is 4.99 Å². The van der Waals surface area contributed by atoms with Gasteiger partial charge in [0.05, 0.1) is 12.1 Å². The van der Waals surface area contributed by atoms with Gasteiger partial charge in [0.2, 0.25) is 5.91 Å². The van der Waals surface area contributed by atoms with Crippen LogP contribution in [0.5, 0.6) is 0 Å². The molecule has 1 aliphatic heterocycles. The number of amides is 1. The molecule has 0 aliphatic carbocycles. The van der Waals surface area contributed by atoms with Gasteiger partial charge in [-0.15, -0.1) is 0 Å². The lowest BCUT2D eigenvalue weighted by Crippen LogP contribution is -2.47. The van der Waals surface area contributed by atoms with Crippen LogP contribution >= 0.6 is 0 Å². The van der Waals surface area contributed by atoms with Gasteiger partial charge in [0, 0.05) is 32.6 Å². The van der Waals surface area contributed by atoms with Crippen molar-refractivity contribution < 1.29 is 9.90 Å². The summed E-state index contributed by atoms with van der Waals surface area (Å²) in [6, 6.07) is 8.29. The van der Waals surface area contributed by atoms with Crippen molar-refractivity contribution in [2.45, 2.75) is 78.0 Å². The Balaban J connectivity index is 1.98. The second-order valence-electron chi connectivity index (χ2n) is 8.01. The van der Waals surface area contributed by atoms with Crippen molar-refractivity contribution in [3.8, 4) is 0 Å². The molecule has 1 saturated heterocycles. The van der Waals surface area contributed by atoms with Crippen molar-refractivity contribution in [3.05, 3.63) is 35.4 Å². The zero-order chi connectivity index (χ0) is 21.1. The summed E-state index contributed by atoms with van der Waals surface area (Å²) < 4.78 is 0. The molecule has 0 saturated carbocycles. The number of nitrogens with zero attached hydrogens (tertiary/aromatic N) is 2. The molecule has 0 unspecified atom stereocenters. The first-order valence-corrected chi connectivity index (χ1v) is 11.1. The lowest BCUT2D eigenvalue weighted by Gasteiger charge is -2.28. The minimum atomic E-state index is -0.693. The summed E-state index contributed by atoms with van der Waals surface area (Å²) in [5.74, 6) is 0.969. The van der Waals surface area contributed by atoms with Crippen LogP contribution in [-0.2, 0) is 17.9 Å². The standard InChI is InChI=1S/C23H38N4O2/c1-4-12-23(29,13-5-2)18-26-22(24-6-3)25-16-19-9-7-10-20(15-19)17-27-14-8-11-21(27)28/h7,9-10,15,29H,4-6,8,11-14,16-18H2,1-3H3,(H2,24,25,26). The van der Waals surface area contributed by atoms with Gasteiger partial charge in [-0.05, 0) is 37.3 Å². The third-order valence-corrected chi connectivity index (χ3v) is 5.32. The molecular weight excluding hydrogens is 364 g/mol. The molecule has 1 aromatic carbocycles. The number of carbonyl (C=O) groups excluding carboxylic acids is 1. The highest BCUT2D eigenvalue weighted by Crippen LogP contribution is 2.18. The first-order valence-electron chi connectivity index (χ1n) is 11.1. The number of aliphatic hydroxyl groups is 1. The Morgan fingerprint density at radius 2 is 1.90 bits per heavy atom. The molecule has 1 amide bonds. The highest BCUT2D eigenvalue weighted by molar-refractivity contribution is 5.80. The van der Waals surface area contributed by atoms with Gasteiger partial charge >= 0.3 is 0 Å². The molecular formula is C23H38N4O2. The molecule has 162 valence electrons. The molecule has 1 aromatic rings. The van der Waals surface area contributed by atoms with E-state index in [0.717, 1.165) is 62.3 Å².